The van der Waals surface area contributed by atoms with Gasteiger partial charge in [0, 0.05) is 0 Å². The van der Waals surface area contributed by atoms with E-state index in [9.17, 15) is 0 Å². The van der Waals surface area contributed by atoms with Gasteiger partial charge in [-0.05, 0) is 93.3 Å². The molecule has 0 aliphatic heterocycles. The number of nitriles is 1. The van der Waals surface area contributed by atoms with Crippen molar-refractivity contribution in [2.24, 2.45) is 0 Å². The number of hydrogen-bond acceptors (Lipinski definition) is 4. The maximum Gasteiger partial charge on any atom is 0.312 e. The van der Waals surface area contributed by atoms with Crippen LogP contribution in [0.25, 0.3) is 11.1 Å². The molecule has 8 heteroatoms. The highest BCUT2D eigenvalue weighted by Crippen LogP contribution is 2.27. The van der Waals surface area contributed by atoms with Crippen LogP contribution in [-0.4, -0.2) is 33.8 Å². The summed E-state index contributed by atoms with van der Waals surface area (Å²) in [5.74, 6) is 0. The lowest BCUT2D eigenvalue weighted by Crippen LogP contribution is -2.56. The summed E-state index contributed by atoms with van der Waals surface area (Å²) in [7, 11) is -8.21. The Kier molecular flexibility index (Phi) is 8.67. The Labute approximate surface area is 199 Å². The fourth-order valence-corrected chi connectivity index (χ4v) is 22.7. The van der Waals surface area contributed by atoms with E-state index < -0.39 is 33.8 Å². The largest absolute Gasteiger partial charge is 0.436 e. The van der Waals surface area contributed by atoms with Gasteiger partial charge in [-0.1, -0.05) is 43.3 Å². The van der Waals surface area contributed by atoms with Gasteiger partial charge in [0.15, 0.2) is 16.6 Å². The first-order chi connectivity index (χ1) is 14.7. The topological polar surface area (TPSA) is 51.5 Å². The van der Waals surface area contributed by atoms with Crippen LogP contribution in [-0.2, 0) is 18.4 Å². The van der Waals surface area contributed by atoms with Crippen molar-refractivity contribution >= 4 is 33.8 Å². The minimum absolute atomic E-state index is 0.682. The zero-order valence-corrected chi connectivity index (χ0v) is 25.2. The SMILES string of the molecule is CC[Si](C)(C)O[Si](C)(C)O[Si](C)(C)O[Si](C)(C)Cc1ccc(-c2ccc(C#N)cc2)cc1. The number of hydrogen-bond donors (Lipinski definition) is 0. The third-order valence-electron chi connectivity index (χ3n) is 5.32. The van der Waals surface area contributed by atoms with Gasteiger partial charge in [0.2, 0.25) is 0 Å². The molecule has 4 nitrogen and oxygen atoms in total. The first-order valence-corrected chi connectivity index (χ1v) is 23.2. The molecule has 0 N–H and O–H groups in total. The van der Waals surface area contributed by atoms with Gasteiger partial charge < -0.3 is 12.3 Å². The third-order valence-corrected chi connectivity index (χ3v) is 20.6. The number of rotatable bonds is 10. The van der Waals surface area contributed by atoms with E-state index in [1.54, 1.807) is 0 Å². The Balaban J connectivity index is 2.04. The fraction of sp³-hybridized carbons (Fsp3) is 0.458. The molecule has 174 valence electrons. The van der Waals surface area contributed by atoms with E-state index in [-0.39, 0.29) is 0 Å². The van der Waals surface area contributed by atoms with E-state index in [2.05, 4.69) is 89.6 Å². The zero-order valence-electron chi connectivity index (χ0n) is 21.2. The van der Waals surface area contributed by atoms with Gasteiger partial charge in [-0.2, -0.15) is 5.26 Å². The van der Waals surface area contributed by atoms with Crippen LogP contribution in [0.1, 0.15) is 18.1 Å². The predicted molar refractivity (Wildman–Crippen MR) is 144 cm³/mol. The second-order valence-corrected chi connectivity index (χ2v) is 26.7. The van der Waals surface area contributed by atoms with Crippen LogP contribution < -0.4 is 0 Å². The van der Waals surface area contributed by atoms with Crippen molar-refractivity contribution in [2.75, 3.05) is 0 Å². The van der Waals surface area contributed by atoms with Gasteiger partial charge in [0.1, 0.15) is 0 Å². The molecular weight excluding hydrogens is 463 g/mol. The van der Waals surface area contributed by atoms with Crippen molar-refractivity contribution in [3.05, 3.63) is 59.7 Å². The van der Waals surface area contributed by atoms with E-state index in [4.69, 9.17) is 17.6 Å². The van der Waals surface area contributed by atoms with E-state index >= 15 is 0 Å². The molecule has 0 spiro atoms. The Bertz CT molecular complexity index is 933. The summed E-state index contributed by atoms with van der Waals surface area (Å²) < 4.78 is 19.9. The van der Waals surface area contributed by atoms with Crippen LogP contribution in [0.15, 0.2) is 48.5 Å². The normalized spacial score (nSPS) is 13.1. The average molecular weight is 502 g/mol. The fourth-order valence-electron chi connectivity index (χ4n) is 4.12. The zero-order chi connectivity index (χ0) is 24.2. The number of nitrogens with zero attached hydrogens (tertiary/aromatic N) is 1. The summed E-state index contributed by atoms with van der Waals surface area (Å²) in [6.45, 7) is 19.9. The van der Waals surface area contributed by atoms with Crippen LogP contribution in [0.3, 0.4) is 0 Å². The molecule has 0 heterocycles. The second kappa shape index (κ2) is 10.3. The lowest BCUT2D eigenvalue weighted by molar-refractivity contribution is 0.328. The Morgan fingerprint density at radius 2 is 1.09 bits per heavy atom. The Morgan fingerprint density at radius 1 is 0.656 bits per heavy atom. The molecular formula is C24H39NO3Si4. The molecule has 0 radical (unpaired) electrons. The highest BCUT2D eigenvalue weighted by molar-refractivity contribution is 6.89. The van der Waals surface area contributed by atoms with E-state index in [1.165, 1.54) is 5.56 Å². The Hall–Kier alpha value is -1.32. The maximum atomic E-state index is 8.98. The van der Waals surface area contributed by atoms with Crippen molar-refractivity contribution in [3.63, 3.8) is 0 Å². The lowest BCUT2D eigenvalue weighted by atomic mass is 10.0. The lowest BCUT2D eigenvalue weighted by Gasteiger charge is -2.41. The van der Waals surface area contributed by atoms with Crippen molar-refractivity contribution in [2.45, 2.75) is 71.4 Å². The maximum absolute atomic E-state index is 8.98. The van der Waals surface area contributed by atoms with Crippen LogP contribution in [0.4, 0.5) is 0 Å². The molecule has 0 fully saturated rings. The Morgan fingerprint density at radius 3 is 1.53 bits per heavy atom. The average Bonchev–Trinajstić information content (AvgIpc) is 2.65. The van der Waals surface area contributed by atoms with Gasteiger partial charge in [-0.3, -0.25) is 0 Å². The third kappa shape index (κ3) is 8.55. The molecule has 0 atom stereocenters. The molecule has 2 aromatic rings. The molecule has 0 aromatic heterocycles. The van der Waals surface area contributed by atoms with Crippen LogP contribution >= 0.6 is 0 Å². The second-order valence-electron chi connectivity index (χ2n) is 10.5. The standard InChI is InChI=1S/C24H39NO3Si4/c1-10-29(2,3)26-31(6,7)28-32(8,9)27-30(4,5)20-22-13-17-24(18-14-22)23-15-11-21(19-25)12-16-23/h11-18H,10,20H2,1-9H3. The van der Waals surface area contributed by atoms with Gasteiger partial charge >= 0.3 is 17.1 Å². The van der Waals surface area contributed by atoms with Gasteiger partial charge in [-0.15, -0.1) is 0 Å². The molecule has 0 saturated carbocycles. The summed E-state index contributed by atoms with van der Waals surface area (Å²) in [6.07, 6.45) is 0. The quantitative estimate of drug-likeness (QED) is 0.323. The van der Waals surface area contributed by atoms with Crippen molar-refractivity contribution in [3.8, 4) is 17.2 Å². The van der Waals surface area contributed by atoms with Crippen LogP contribution in [0.5, 0.6) is 0 Å². The summed E-state index contributed by atoms with van der Waals surface area (Å²) in [5.41, 5.74) is 4.25. The highest BCUT2D eigenvalue weighted by atomic mass is 28.5. The summed E-state index contributed by atoms with van der Waals surface area (Å²) in [5, 5.41) is 8.98. The van der Waals surface area contributed by atoms with E-state index in [0.717, 1.165) is 23.2 Å². The summed E-state index contributed by atoms with van der Waals surface area (Å²) in [4.78, 5) is 0. The van der Waals surface area contributed by atoms with E-state index in [1.807, 2.05) is 24.3 Å². The molecule has 2 aromatic carbocycles. The summed E-state index contributed by atoms with van der Waals surface area (Å²) >= 11 is 0. The molecule has 0 aliphatic carbocycles. The van der Waals surface area contributed by atoms with Crippen molar-refractivity contribution in [1.29, 1.82) is 5.26 Å². The molecule has 0 amide bonds. The van der Waals surface area contributed by atoms with Gasteiger partial charge in [0.05, 0.1) is 11.6 Å². The van der Waals surface area contributed by atoms with Gasteiger partial charge in [-0.25, -0.2) is 0 Å². The van der Waals surface area contributed by atoms with Crippen molar-refractivity contribution in [1.82, 2.24) is 0 Å². The monoisotopic (exact) mass is 501 g/mol. The number of benzene rings is 2. The smallest absolute Gasteiger partial charge is 0.312 e. The van der Waals surface area contributed by atoms with E-state index in [0.29, 0.717) is 5.56 Å². The molecule has 0 saturated heterocycles. The molecule has 0 aliphatic rings. The molecule has 0 unspecified atom stereocenters. The first-order valence-electron chi connectivity index (χ1n) is 11.4. The van der Waals surface area contributed by atoms with Crippen LogP contribution in [0, 0.1) is 11.3 Å². The van der Waals surface area contributed by atoms with Gasteiger partial charge in [0.25, 0.3) is 0 Å². The molecule has 2 rings (SSSR count). The first kappa shape index (κ1) is 26.9. The minimum atomic E-state index is -2.32. The van der Waals surface area contributed by atoms with Crippen LogP contribution in [0.2, 0.25) is 58.4 Å². The predicted octanol–water partition coefficient (Wildman–Crippen LogP) is 7.19. The molecule has 0 bridgehead atoms. The minimum Gasteiger partial charge on any atom is -0.436 e. The summed E-state index contributed by atoms with van der Waals surface area (Å²) in [6, 6.07) is 20.6. The highest BCUT2D eigenvalue weighted by Gasteiger charge is 2.43. The van der Waals surface area contributed by atoms with Crippen molar-refractivity contribution < 1.29 is 12.3 Å². The molecule has 32 heavy (non-hydrogen) atoms.